The zero-order valence-electron chi connectivity index (χ0n) is 15.6. The second-order valence-corrected chi connectivity index (χ2v) is 6.18. The number of carbonyl (C=O) groups excluding carboxylic acids is 3. The fourth-order valence-corrected chi connectivity index (χ4v) is 2.60. The molecule has 0 aliphatic rings. The third-order valence-electron chi connectivity index (χ3n) is 3.95. The first-order chi connectivity index (χ1) is 12.9. The van der Waals surface area contributed by atoms with Crippen LogP contribution in [-0.4, -0.2) is 42.3 Å². The second-order valence-electron chi connectivity index (χ2n) is 6.18. The number of amides is 1. The minimum atomic E-state index is -0.699. The van der Waals surface area contributed by atoms with Crippen molar-refractivity contribution < 1.29 is 19.1 Å². The van der Waals surface area contributed by atoms with E-state index in [0.717, 1.165) is 5.57 Å². The maximum atomic E-state index is 12.7. The van der Waals surface area contributed by atoms with Gasteiger partial charge in [0.05, 0.1) is 5.56 Å². The molecule has 27 heavy (non-hydrogen) atoms. The minimum Gasteiger partial charge on any atom is -0.452 e. The van der Waals surface area contributed by atoms with Gasteiger partial charge in [0.1, 0.15) is 0 Å². The number of likely N-dealkylation sites (N-methyl/N-ethyl adjacent to an activating group) is 1. The highest BCUT2D eigenvalue weighted by Crippen LogP contribution is 2.16. The van der Waals surface area contributed by atoms with Crippen LogP contribution in [0, 0.1) is 0 Å². The molecule has 0 radical (unpaired) electrons. The summed E-state index contributed by atoms with van der Waals surface area (Å²) in [6, 6.07) is 15.1. The van der Waals surface area contributed by atoms with Gasteiger partial charge in [-0.05, 0) is 19.9 Å². The molecule has 0 aromatic heterocycles. The quantitative estimate of drug-likeness (QED) is 0.408. The highest BCUT2D eigenvalue weighted by molar-refractivity contribution is 6.14. The number of hydrogen-bond acceptors (Lipinski definition) is 4. The van der Waals surface area contributed by atoms with Gasteiger partial charge in [-0.25, -0.2) is 4.79 Å². The van der Waals surface area contributed by atoms with Crippen LogP contribution in [-0.2, 0) is 9.53 Å². The number of nitrogens with zero attached hydrogens (tertiary/aromatic N) is 1. The van der Waals surface area contributed by atoms with Crippen molar-refractivity contribution in [3.8, 4) is 0 Å². The maximum absolute atomic E-state index is 12.7. The zero-order valence-corrected chi connectivity index (χ0v) is 15.6. The first-order valence-electron chi connectivity index (χ1n) is 8.72. The van der Waals surface area contributed by atoms with Gasteiger partial charge in [0.2, 0.25) is 0 Å². The fraction of sp³-hybridized carbons (Fsp3) is 0.227. The molecule has 0 atom stereocenters. The first kappa shape index (κ1) is 20.1. The molecule has 2 rings (SSSR count). The summed E-state index contributed by atoms with van der Waals surface area (Å²) in [5, 5.41) is 0. The molecule has 0 heterocycles. The summed E-state index contributed by atoms with van der Waals surface area (Å²) >= 11 is 0. The van der Waals surface area contributed by atoms with Gasteiger partial charge in [0.25, 0.3) is 5.91 Å². The van der Waals surface area contributed by atoms with Crippen molar-refractivity contribution in [2.45, 2.75) is 13.8 Å². The second kappa shape index (κ2) is 9.48. The molecule has 0 aliphatic carbocycles. The van der Waals surface area contributed by atoms with Crippen LogP contribution in [0.1, 0.15) is 40.1 Å². The Morgan fingerprint density at radius 2 is 1.56 bits per heavy atom. The van der Waals surface area contributed by atoms with Crippen LogP contribution in [0.4, 0.5) is 0 Å². The van der Waals surface area contributed by atoms with Crippen molar-refractivity contribution in [3.05, 3.63) is 83.4 Å². The number of hydrogen-bond donors (Lipinski definition) is 0. The van der Waals surface area contributed by atoms with Crippen LogP contribution >= 0.6 is 0 Å². The molecule has 0 saturated heterocycles. The topological polar surface area (TPSA) is 63.7 Å². The van der Waals surface area contributed by atoms with Crippen molar-refractivity contribution >= 4 is 17.7 Å². The van der Waals surface area contributed by atoms with E-state index in [0.29, 0.717) is 18.7 Å². The molecular weight excluding hydrogens is 342 g/mol. The highest BCUT2D eigenvalue weighted by Gasteiger charge is 2.21. The average Bonchev–Trinajstić information content (AvgIpc) is 2.69. The summed E-state index contributed by atoms with van der Waals surface area (Å²) in [5.74, 6) is -1.28. The molecule has 0 spiro atoms. The number of ether oxygens (including phenoxy) is 1. The summed E-state index contributed by atoms with van der Waals surface area (Å²) in [6.07, 6.45) is 0. The molecule has 0 aliphatic heterocycles. The van der Waals surface area contributed by atoms with Crippen molar-refractivity contribution in [3.63, 3.8) is 0 Å². The highest BCUT2D eigenvalue weighted by atomic mass is 16.5. The Bertz CT molecular complexity index is 842. The number of rotatable bonds is 8. The molecule has 2 aromatic carbocycles. The Kier molecular flexibility index (Phi) is 7.06. The molecule has 5 heteroatoms. The number of ketones is 1. The number of benzene rings is 2. The van der Waals surface area contributed by atoms with Gasteiger partial charge in [-0.15, -0.1) is 0 Å². The van der Waals surface area contributed by atoms with Crippen LogP contribution in [0.2, 0.25) is 0 Å². The van der Waals surface area contributed by atoms with Crippen LogP contribution < -0.4 is 0 Å². The number of carbonyl (C=O) groups is 3. The van der Waals surface area contributed by atoms with Crippen molar-refractivity contribution in [2.75, 3.05) is 19.7 Å². The van der Waals surface area contributed by atoms with Gasteiger partial charge in [-0.3, -0.25) is 9.59 Å². The number of esters is 1. The van der Waals surface area contributed by atoms with E-state index < -0.39 is 5.97 Å². The average molecular weight is 365 g/mol. The van der Waals surface area contributed by atoms with Gasteiger partial charge in [0, 0.05) is 24.2 Å². The largest absolute Gasteiger partial charge is 0.452 e. The summed E-state index contributed by atoms with van der Waals surface area (Å²) in [4.78, 5) is 38.9. The van der Waals surface area contributed by atoms with Crippen LogP contribution in [0.3, 0.4) is 0 Å². The van der Waals surface area contributed by atoms with Gasteiger partial charge in [-0.2, -0.15) is 0 Å². The minimum absolute atomic E-state index is 0.141. The van der Waals surface area contributed by atoms with Gasteiger partial charge in [0.15, 0.2) is 12.4 Å². The third-order valence-corrected chi connectivity index (χ3v) is 3.95. The lowest BCUT2D eigenvalue weighted by Crippen LogP contribution is -2.35. The Balaban J connectivity index is 2.12. The third kappa shape index (κ3) is 5.38. The molecular formula is C22H23NO4. The standard InChI is InChI=1S/C22H23NO4/c1-4-23(14-16(2)3)20(24)15-27-22(26)19-13-9-8-12-18(19)21(25)17-10-6-5-7-11-17/h5-13H,2,4,14-15H2,1,3H3. The SMILES string of the molecule is C=C(C)CN(CC)C(=O)COC(=O)c1ccccc1C(=O)c1ccccc1. The smallest absolute Gasteiger partial charge is 0.339 e. The Morgan fingerprint density at radius 1 is 0.963 bits per heavy atom. The summed E-state index contributed by atoms with van der Waals surface area (Å²) < 4.78 is 5.17. The summed E-state index contributed by atoms with van der Waals surface area (Å²) in [7, 11) is 0. The Labute approximate surface area is 159 Å². The lowest BCUT2D eigenvalue weighted by molar-refractivity contribution is -0.133. The van der Waals surface area contributed by atoms with Crippen LogP contribution in [0.5, 0.6) is 0 Å². The monoisotopic (exact) mass is 365 g/mol. The summed E-state index contributed by atoms with van der Waals surface area (Å²) in [5.41, 5.74) is 1.71. The lowest BCUT2D eigenvalue weighted by atomic mass is 9.98. The van der Waals surface area contributed by atoms with E-state index in [-0.39, 0.29) is 29.4 Å². The van der Waals surface area contributed by atoms with Gasteiger partial charge >= 0.3 is 5.97 Å². The Morgan fingerprint density at radius 3 is 2.15 bits per heavy atom. The van der Waals surface area contributed by atoms with Crippen molar-refractivity contribution in [1.82, 2.24) is 4.90 Å². The van der Waals surface area contributed by atoms with E-state index in [4.69, 9.17) is 4.74 Å². The molecule has 0 fully saturated rings. The van der Waals surface area contributed by atoms with Gasteiger partial charge in [-0.1, -0.05) is 60.7 Å². The van der Waals surface area contributed by atoms with E-state index in [9.17, 15) is 14.4 Å². The fourth-order valence-electron chi connectivity index (χ4n) is 2.60. The van der Waals surface area contributed by atoms with E-state index in [1.165, 1.54) is 6.07 Å². The molecule has 0 N–H and O–H groups in total. The van der Waals surface area contributed by atoms with E-state index in [1.54, 1.807) is 47.4 Å². The van der Waals surface area contributed by atoms with Crippen LogP contribution in [0.25, 0.3) is 0 Å². The predicted octanol–water partition coefficient (Wildman–Crippen LogP) is 3.50. The lowest BCUT2D eigenvalue weighted by Gasteiger charge is -2.20. The first-order valence-corrected chi connectivity index (χ1v) is 8.72. The van der Waals surface area contributed by atoms with Crippen molar-refractivity contribution in [2.24, 2.45) is 0 Å². The molecule has 2 aromatic rings. The van der Waals surface area contributed by atoms with E-state index >= 15 is 0 Å². The predicted molar refractivity (Wildman–Crippen MR) is 104 cm³/mol. The molecule has 1 amide bonds. The Hall–Kier alpha value is -3.21. The van der Waals surface area contributed by atoms with Crippen LogP contribution in [0.15, 0.2) is 66.7 Å². The molecule has 0 unspecified atom stereocenters. The van der Waals surface area contributed by atoms with E-state index in [2.05, 4.69) is 6.58 Å². The molecule has 5 nitrogen and oxygen atoms in total. The van der Waals surface area contributed by atoms with E-state index in [1.807, 2.05) is 19.9 Å². The normalized spacial score (nSPS) is 10.1. The molecule has 0 bridgehead atoms. The molecule has 140 valence electrons. The zero-order chi connectivity index (χ0) is 19.8. The molecule has 0 saturated carbocycles. The summed E-state index contributed by atoms with van der Waals surface area (Å²) in [6.45, 7) is 7.98. The van der Waals surface area contributed by atoms with Gasteiger partial charge < -0.3 is 9.64 Å². The van der Waals surface area contributed by atoms with Crippen molar-refractivity contribution in [1.29, 1.82) is 0 Å². The maximum Gasteiger partial charge on any atom is 0.339 e.